The van der Waals surface area contributed by atoms with Crippen LogP contribution < -0.4 is 0 Å². The summed E-state index contributed by atoms with van der Waals surface area (Å²) in [5.74, 6) is 2.93. The van der Waals surface area contributed by atoms with E-state index < -0.39 is 0 Å². The third kappa shape index (κ3) is 3.30. The molecule has 0 bridgehead atoms. The fraction of sp³-hybridized carbons (Fsp3) is 0.824. The predicted octanol–water partition coefficient (Wildman–Crippen LogP) is 8.19. The Hall–Kier alpha value is -1.38. The monoisotopic (exact) mass is 508 g/mol. The molecule has 0 heterocycles. The van der Waals surface area contributed by atoms with Crippen molar-refractivity contribution in [3.8, 4) is 0 Å². The van der Waals surface area contributed by atoms with Crippen molar-refractivity contribution in [1.29, 1.82) is 0 Å². The third-order valence-electron chi connectivity index (χ3n) is 13.9. The van der Waals surface area contributed by atoms with Crippen LogP contribution in [0, 0.1) is 62.6 Å². The van der Waals surface area contributed by atoms with Gasteiger partial charge in [-0.25, -0.2) is 0 Å². The lowest BCUT2D eigenvalue weighted by molar-refractivity contribution is -0.239. The quantitative estimate of drug-likeness (QED) is 0.284. The summed E-state index contributed by atoms with van der Waals surface area (Å²) in [7, 11) is 1.59. The highest BCUT2D eigenvalue weighted by Crippen LogP contribution is 2.77. The van der Waals surface area contributed by atoms with Crippen LogP contribution in [0.4, 0.5) is 0 Å². The number of carbonyl (C=O) groups is 2. The number of hydrogen-bond acceptors (Lipinski definition) is 3. The Morgan fingerprint density at radius 2 is 1.68 bits per heavy atom. The highest BCUT2D eigenvalue weighted by atomic mass is 16.5. The molecule has 37 heavy (non-hydrogen) atoms. The second-order valence-electron chi connectivity index (χ2n) is 15.3. The van der Waals surface area contributed by atoms with Crippen molar-refractivity contribution in [2.45, 2.75) is 106 Å². The van der Waals surface area contributed by atoms with E-state index in [1.807, 2.05) is 6.08 Å². The summed E-state index contributed by atoms with van der Waals surface area (Å²) in [5, 5.41) is 0. The van der Waals surface area contributed by atoms with E-state index >= 15 is 0 Å². The first kappa shape index (κ1) is 27.2. The zero-order chi connectivity index (χ0) is 27.2. The molecule has 0 aliphatic heterocycles. The molecule has 0 amide bonds. The Morgan fingerprint density at radius 3 is 2.30 bits per heavy atom. The number of rotatable bonds is 4. The van der Waals surface area contributed by atoms with Gasteiger partial charge in [-0.05, 0) is 117 Å². The van der Waals surface area contributed by atoms with Crippen molar-refractivity contribution in [1.82, 2.24) is 0 Å². The fourth-order valence-electron chi connectivity index (χ4n) is 12.2. The molecule has 3 heteroatoms. The lowest BCUT2D eigenvalue weighted by Gasteiger charge is -2.72. The number of esters is 1. The zero-order valence-corrected chi connectivity index (χ0v) is 24.8. The van der Waals surface area contributed by atoms with Gasteiger partial charge in [-0.3, -0.25) is 9.59 Å². The Morgan fingerprint density at radius 1 is 0.973 bits per heavy atom. The van der Waals surface area contributed by atoms with E-state index in [2.05, 4.69) is 54.7 Å². The van der Waals surface area contributed by atoms with Crippen LogP contribution in [0.15, 0.2) is 24.8 Å². The van der Waals surface area contributed by atoms with Crippen LogP contribution in [-0.4, -0.2) is 18.9 Å². The number of ketones is 1. The maximum Gasteiger partial charge on any atom is 0.312 e. The number of ether oxygens (including phenoxy) is 1. The molecular weight excluding hydrogens is 456 g/mol. The number of methoxy groups -OCH3 is 1. The summed E-state index contributed by atoms with van der Waals surface area (Å²) < 4.78 is 5.51. The summed E-state index contributed by atoms with van der Waals surface area (Å²) in [6.45, 7) is 22.9. The summed E-state index contributed by atoms with van der Waals surface area (Å²) in [6, 6.07) is 0. The van der Waals surface area contributed by atoms with Gasteiger partial charge >= 0.3 is 5.97 Å². The number of fused-ring (bicyclic) bond motifs is 7. The molecule has 5 saturated carbocycles. The third-order valence-corrected chi connectivity index (χ3v) is 13.9. The smallest absolute Gasteiger partial charge is 0.312 e. The van der Waals surface area contributed by atoms with Gasteiger partial charge in [0.05, 0.1) is 12.5 Å². The number of hydrogen-bond donors (Lipinski definition) is 0. The van der Waals surface area contributed by atoms with E-state index in [-0.39, 0.29) is 39.0 Å². The molecule has 5 fully saturated rings. The molecular formula is C34H52O3. The maximum absolute atomic E-state index is 13.6. The highest BCUT2D eigenvalue weighted by molar-refractivity contribution is 5.88. The molecule has 0 saturated heterocycles. The average Bonchev–Trinajstić information content (AvgIpc) is 3.23. The summed E-state index contributed by atoms with van der Waals surface area (Å²) in [6.07, 6.45) is 12.6. The second-order valence-corrected chi connectivity index (χ2v) is 15.3. The molecule has 3 nitrogen and oxygen atoms in total. The summed E-state index contributed by atoms with van der Waals surface area (Å²) >= 11 is 0. The fourth-order valence-corrected chi connectivity index (χ4v) is 12.2. The van der Waals surface area contributed by atoms with Crippen molar-refractivity contribution < 1.29 is 14.3 Å². The van der Waals surface area contributed by atoms with Crippen LogP contribution in [0.1, 0.15) is 106 Å². The van der Waals surface area contributed by atoms with Crippen LogP contribution in [-0.2, 0) is 14.3 Å². The van der Waals surface area contributed by atoms with Gasteiger partial charge in [0, 0.05) is 11.3 Å². The van der Waals surface area contributed by atoms with Crippen LogP contribution in [0.5, 0.6) is 0 Å². The number of Topliss-reactive ketones (excluding diaryl/α,β-unsaturated/α-hetero) is 1. The molecule has 4 unspecified atom stereocenters. The van der Waals surface area contributed by atoms with Gasteiger partial charge in [0.15, 0.2) is 0 Å². The second kappa shape index (κ2) is 8.56. The zero-order valence-electron chi connectivity index (χ0n) is 24.8. The first-order valence-electron chi connectivity index (χ1n) is 15.1. The van der Waals surface area contributed by atoms with Crippen LogP contribution in [0.2, 0.25) is 0 Å². The summed E-state index contributed by atoms with van der Waals surface area (Å²) in [5.41, 5.74) is 1.20. The molecule has 0 aromatic carbocycles. The van der Waals surface area contributed by atoms with Crippen LogP contribution in [0.3, 0.4) is 0 Å². The lowest BCUT2D eigenvalue weighted by Crippen LogP contribution is -2.67. The number of allylic oxidation sites excluding steroid dienone is 2. The Bertz CT molecular complexity index is 1010. The molecule has 5 aliphatic rings. The molecule has 5 rings (SSSR count). The highest BCUT2D eigenvalue weighted by Gasteiger charge is 2.72. The molecule has 0 aromatic rings. The van der Waals surface area contributed by atoms with Gasteiger partial charge in [-0.2, -0.15) is 0 Å². The van der Waals surface area contributed by atoms with Gasteiger partial charge in [0.2, 0.25) is 0 Å². The lowest BCUT2D eigenvalue weighted by atomic mass is 9.32. The van der Waals surface area contributed by atoms with Crippen molar-refractivity contribution in [3.63, 3.8) is 0 Å². The Labute approximate surface area is 226 Å². The van der Waals surface area contributed by atoms with Crippen molar-refractivity contribution >= 4 is 11.8 Å². The summed E-state index contributed by atoms with van der Waals surface area (Å²) in [4.78, 5) is 27.0. The molecule has 0 aromatic heterocycles. The van der Waals surface area contributed by atoms with Crippen molar-refractivity contribution in [2.24, 2.45) is 62.6 Å². The molecule has 206 valence electrons. The Kier molecular flexibility index (Phi) is 6.29. The molecule has 0 N–H and O–H groups in total. The van der Waals surface area contributed by atoms with E-state index in [9.17, 15) is 9.59 Å². The first-order valence-corrected chi connectivity index (χ1v) is 15.1. The topological polar surface area (TPSA) is 43.4 Å². The Balaban J connectivity index is 1.57. The molecule has 10 atom stereocenters. The number of carbonyl (C=O) groups excluding carboxylic acids is 2. The van der Waals surface area contributed by atoms with Crippen molar-refractivity contribution in [2.75, 3.05) is 7.11 Å². The van der Waals surface area contributed by atoms with Crippen molar-refractivity contribution in [3.05, 3.63) is 24.8 Å². The van der Waals surface area contributed by atoms with E-state index in [0.29, 0.717) is 35.4 Å². The van der Waals surface area contributed by atoms with E-state index in [1.54, 1.807) is 7.11 Å². The van der Waals surface area contributed by atoms with Crippen LogP contribution >= 0.6 is 0 Å². The molecule has 5 aliphatic carbocycles. The average molecular weight is 509 g/mol. The van der Waals surface area contributed by atoms with Gasteiger partial charge < -0.3 is 4.74 Å². The van der Waals surface area contributed by atoms with E-state index in [0.717, 1.165) is 44.9 Å². The van der Waals surface area contributed by atoms with E-state index in [1.165, 1.54) is 24.8 Å². The van der Waals surface area contributed by atoms with Gasteiger partial charge in [-0.15, -0.1) is 6.58 Å². The van der Waals surface area contributed by atoms with Gasteiger partial charge in [0.25, 0.3) is 0 Å². The molecule has 0 spiro atoms. The SMILES string of the molecule is C=CC[C@H]1C[C@@]2(C)C(CC[C@]3(C)C2CCC2C4[C@H](C(=C)C)CC[C@]4(C(=O)OC)CC[C@]23C)C(C)(C)C1=O. The maximum atomic E-state index is 13.6. The van der Waals surface area contributed by atoms with Gasteiger partial charge in [-0.1, -0.05) is 52.8 Å². The van der Waals surface area contributed by atoms with E-state index in [4.69, 9.17) is 4.74 Å². The minimum absolute atomic E-state index is 0.0334. The molecule has 0 radical (unpaired) electrons. The van der Waals surface area contributed by atoms with Gasteiger partial charge in [0.1, 0.15) is 5.78 Å². The normalized spacial score (nSPS) is 50.2. The minimum atomic E-state index is -0.332. The predicted molar refractivity (Wildman–Crippen MR) is 150 cm³/mol. The largest absolute Gasteiger partial charge is 0.469 e. The van der Waals surface area contributed by atoms with Crippen LogP contribution in [0.25, 0.3) is 0 Å². The standard InChI is InChI=1S/C34H52O3/c1-10-11-22-20-31(6)25(30(4,5)28(22)35)15-16-33(8)26(31)13-12-24-27-23(21(2)3)14-17-34(27,29(36)37-9)19-18-32(24,33)7/h10,22-27H,1-2,11-20H2,3-9H3/t22-,23-,24?,25?,26?,27?,31-,32+,33+,34-/m0/s1. The first-order chi connectivity index (χ1) is 17.2. The minimum Gasteiger partial charge on any atom is -0.469 e.